The minimum atomic E-state index is -0.208. The third-order valence-corrected chi connectivity index (χ3v) is 3.22. The smallest absolute Gasteiger partial charge is 0.319 e. The molecule has 17 heavy (non-hydrogen) atoms. The SMILES string of the molecule is CCOC(=O)CNC(C)c1ccc(SC)cc1. The molecular formula is C13H19NO2S. The molecule has 1 atom stereocenters. The molecule has 0 aliphatic heterocycles. The number of thioether (sulfide) groups is 1. The predicted molar refractivity (Wildman–Crippen MR) is 71.3 cm³/mol. The Bertz CT molecular complexity index is 351. The van der Waals surface area contributed by atoms with Crippen LogP contribution in [0.4, 0.5) is 0 Å². The van der Waals surface area contributed by atoms with Crippen LogP contribution in [0.3, 0.4) is 0 Å². The third-order valence-electron chi connectivity index (χ3n) is 2.47. The Labute approximate surface area is 107 Å². The molecule has 1 rings (SSSR count). The van der Waals surface area contributed by atoms with Crippen molar-refractivity contribution in [3.8, 4) is 0 Å². The Balaban J connectivity index is 2.46. The van der Waals surface area contributed by atoms with Crippen LogP contribution < -0.4 is 5.32 Å². The molecule has 0 saturated carbocycles. The van der Waals surface area contributed by atoms with Gasteiger partial charge in [0.2, 0.25) is 0 Å². The molecule has 0 aromatic heterocycles. The number of benzene rings is 1. The number of hydrogen-bond acceptors (Lipinski definition) is 4. The summed E-state index contributed by atoms with van der Waals surface area (Å²) in [4.78, 5) is 12.4. The average molecular weight is 253 g/mol. The fraction of sp³-hybridized carbons (Fsp3) is 0.462. The molecule has 0 fully saturated rings. The lowest BCUT2D eigenvalue weighted by molar-refractivity contribution is -0.142. The standard InChI is InChI=1S/C13H19NO2S/c1-4-16-13(15)9-14-10(2)11-5-7-12(17-3)8-6-11/h5-8,10,14H,4,9H2,1-3H3. The van der Waals surface area contributed by atoms with E-state index in [1.165, 1.54) is 10.5 Å². The molecule has 3 nitrogen and oxygen atoms in total. The normalized spacial score (nSPS) is 12.2. The highest BCUT2D eigenvalue weighted by molar-refractivity contribution is 7.98. The van der Waals surface area contributed by atoms with Crippen molar-refractivity contribution in [2.75, 3.05) is 19.4 Å². The van der Waals surface area contributed by atoms with Gasteiger partial charge in [-0.25, -0.2) is 0 Å². The van der Waals surface area contributed by atoms with Gasteiger partial charge in [0.25, 0.3) is 0 Å². The molecule has 1 N–H and O–H groups in total. The fourth-order valence-electron chi connectivity index (χ4n) is 1.46. The van der Waals surface area contributed by atoms with Crippen LogP contribution in [-0.4, -0.2) is 25.4 Å². The van der Waals surface area contributed by atoms with Gasteiger partial charge in [-0.05, 0) is 37.8 Å². The molecular weight excluding hydrogens is 234 g/mol. The van der Waals surface area contributed by atoms with Crippen molar-refractivity contribution in [2.45, 2.75) is 24.8 Å². The van der Waals surface area contributed by atoms with E-state index >= 15 is 0 Å². The van der Waals surface area contributed by atoms with Gasteiger partial charge in [0.15, 0.2) is 0 Å². The van der Waals surface area contributed by atoms with E-state index in [0.717, 1.165) is 0 Å². The van der Waals surface area contributed by atoms with Gasteiger partial charge >= 0.3 is 5.97 Å². The van der Waals surface area contributed by atoms with E-state index in [4.69, 9.17) is 4.74 Å². The van der Waals surface area contributed by atoms with Crippen LogP contribution in [0.1, 0.15) is 25.5 Å². The monoisotopic (exact) mass is 253 g/mol. The predicted octanol–water partition coefficient (Wildman–Crippen LogP) is 2.62. The second kappa shape index (κ2) is 7.35. The van der Waals surface area contributed by atoms with Crippen LogP contribution in [0.5, 0.6) is 0 Å². The summed E-state index contributed by atoms with van der Waals surface area (Å²) >= 11 is 1.72. The van der Waals surface area contributed by atoms with Gasteiger partial charge in [0, 0.05) is 10.9 Å². The third kappa shape index (κ3) is 4.79. The van der Waals surface area contributed by atoms with Crippen molar-refractivity contribution in [3.05, 3.63) is 29.8 Å². The highest BCUT2D eigenvalue weighted by Gasteiger charge is 2.07. The van der Waals surface area contributed by atoms with Crippen molar-refractivity contribution >= 4 is 17.7 Å². The van der Waals surface area contributed by atoms with E-state index in [-0.39, 0.29) is 18.6 Å². The first-order valence-corrected chi connectivity index (χ1v) is 6.92. The average Bonchev–Trinajstić information content (AvgIpc) is 2.36. The summed E-state index contributed by atoms with van der Waals surface area (Å²) < 4.78 is 4.86. The molecule has 1 aromatic rings. The summed E-state index contributed by atoms with van der Waals surface area (Å²) in [5, 5.41) is 3.14. The van der Waals surface area contributed by atoms with E-state index in [1.54, 1.807) is 11.8 Å². The van der Waals surface area contributed by atoms with Crippen molar-refractivity contribution in [3.63, 3.8) is 0 Å². The van der Waals surface area contributed by atoms with E-state index < -0.39 is 0 Å². The maximum absolute atomic E-state index is 11.2. The number of carbonyl (C=O) groups excluding carboxylic acids is 1. The van der Waals surface area contributed by atoms with E-state index in [1.807, 2.05) is 13.8 Å². The van der Waals surface area contributed by atoms with E-state index in [9.17, 15) is 4.79 Å². The van der Waals surface area contributed by atoms with Gasteiger partial charge in [-0.3, -0.25) is 4.79 Å². The lowest BCUT2D eigenvalue weighted by Crippen LogP contribution is -2.27. The zero-order chi connectivity index (χ0) is 12.7. The quantitative estimate of drug-likeness (QED) is 0.625. The number of rotatable bonds is 6. The van der Waals surface area contributed by atoms with Crippen molar-refractivity contribution in [1.82, 2.24) is 5.32 Å². The number of hydrogen-bond donors (Lipinski definition) is 1. The van der Waals surface area contributed by atoms with Gasteiger partial charge < -0.3 is 10.1 Å². The number of nitrogens with one attached hydrogen (secondary N) is 1. The van der Waals surface area contributed by atoms with Gasteiger partial charge in [-0.1, -0.05) is 12.1 Å². The fourth-order valence-corrected chi connectivity index (χ4v) is 1.87. The highest BCUT2D eigenvalue weighted by Crippen LogP contribution is 2.18. The first-order valence-electron chi connectivity index (χ1n) is 5.70. The molecule has 0 radical (unpaired) electrons. The van der Waals surface area contributed by atoms with Crippen molar-refractivity contribution in [2.24, 2.45) is 0 Å². The van der Waals surface area contributed by atoms with Crippen molar-refractivity contribution in [1.29, 1.82) is 0 Å². The second-order valence-electron chi connectivity index (χ2n) is 3.68. The van der Waals surface area contributed by atoms with Gasteiger partial charge in [0.05, 0.1) is 13.2 Å². The number of esters is 1. The molecule has 0 spiro atoms. The number of carbonyl (C=O) groups is 1. The second-order valence-corrected chi connectivity index (χ2v) is 4.56. The first-order chi connectivity index (χ1) is 8.17. The van der Waals surface area contributed by atoms with Gasteiger partial charge in [0.1, 0.15) is 0 Å². The van der Waals surface area contributed by atoms with Crippen LogP contribution in [0.2, 0.25) is 0 Å². The summed E-state index contributed by atoms with van der Waals surface area (Å²) in [5.74, 6) is -0.208. The van der Waals surface area contributed by atoms with Crippen molar-refractivity contribution < 1.29 is 9.53 Å². The topological polar surface area (TPSA) is 38.3 Å². The summed E-state index contributed by atoms with van der Waals surface area (Å²) in [6.07, 6.45) is 2.05. The lowest BCUT2D eigenvalue weighted by Gasteiger charge is -2.13. The van der Waals surface area contributed by atoms with Gasteiger partial charge in [-0.2, -0.15) is 0 Å². The van der Waals surface area contributed by atoms with Gasteiger partial charge in [-0.15, -0.1) is 11.8 Å². The minimum Gasteiger partial charge on any atom is -0.465 e. The number of ether oxygens (including phenoxy) is 1. The Morgan fingerprint density at radius 2 is 2.06 bits per heavy atom. The molecule has 0 aliphatic carbocycles. The van der Waals surface area contributed by atoms with Crippen LogP contribution in [-0.2, 0) is 9.53 Å². The Kier molecular flexibility index (Phi) is 6.08. The maximum Gasteiger partial charge on any atom is 0.319 e. The molecule has 0 aliphatic rings. The van der Waals surface area contributed by atoms with Crippen LogP contribution in [0.25, 0.3) is 0 Å². The maximum atomic E-state index is 11.2. The zero-order valence-corrected chi connectivity index (χ0v) is 11.3. The van der Waals surface area contributed by atoms with E-state index in [2.05, 4.69) is 35.8 Å². The lowest BCUT2D eigenvalue weighted by atomic mass is 10.1. The summed E-state index contributed by atoms with van der Waals surface area (Å²) in [6, 6.07) is 8.48. The first kappa shape index (κ1) is 14.1. The largest absolute Gasteiger partial charge is 0.465 e. The summed E-state index contributed by atoms with van der Waals surface area (Å²) in [5.41, 5.74) is 1.17. The van der Waals surface area contributed by atoms with Crippen LogP contribution in [0.15, 0.2) is 29.2 Å². The summed E-state index contributed by atoms with van der Waals surface area (Å²) in [7, 11) is 0. The Morgan fingerprint density at radius 3 is 2.59 bits per heavy atom. The van der Waals surface area contributed by atoms with Crippen LogP contribution in [0, 0.1) is 0 Å². The zero-order valence-electron chi connectivity index (χ0n) is 10.5. The molecule has 1 aromatic carbocycles. The molecule has 0 bridgehead atoms. The van der Waals surface area contributed by atoms with E-state index in [0.29, 0.717) is 6.61 Å². The Morgan fingerprint density at radius 1 is 1.41 bits per heavy atom. The Hall–Kier alpha value is -1.00. The minimum absolute atomic E-state index is 0.148. The summed E-state index contributed by atoms with van der Waals surface area (Å²) in [6.45, 7) is 4.52. The van der Waals surface area contributed by atoms with Crippen LogP contribution >= 0.6 is 11.8 Å². The highest BCUT2D eigenvalue weighted by atomic mass is 32.2. The molecule has 0 heterocycles. The molecule has 4 heteroatoms. The molecule has 0 saturated heterocycles. The molecule has 94 valence electrons. The molecule has 1 unspecified atom stereocenters. The molecule has 0 amide bonds.